The van der Waals surface area contributed by atoms with Crippen LogP contribution in [0, 0.1) is 10.1 Å². The van der Waals surface area contributed by atoms with E-state index in [2.05, 4.69) is 5.32 Å². The van der Waals surface area contributed by atoms with E-state index in [0.717, 1.165) is 0 Å². The van der Waals surface area contributed by atoms with Gasteiger partial charge in [0.05, 0.1) is 23.8 Å². The summed E-state index contributed by atoms with van der Waals surface area (Å²) in [6.07, 6.45) is -0.802. The largest absolute Gasteiger partial charge is 0.494 e. The quantitative estimate of drug-likeness (QED) is 0.634. The summed E-state index contributed by atoms with van der Waals surface area (Å²) < 4.78 is 10.6. The molecule has 0 aromatic heterocycles. The molecular weight excluding hydrogens is 336 g/mol. The van der Waals surface area contributed by atoms with Crippen LogP contribution in [0.1, 0.15) is 6.92 Å². The molecule has 0 radical (unpaired) electrons. The Morgan fingerprint density at radius 2 is 2.04 bits per heavy atom. The molecule has 8 heteroatoms. The van der Waals surface area contributed by atoms with Crippen LogP contribution in [0.5, 0.6) is 11.5 Å². The Balaban J connectivity index is 2.09. The number of rotatable bonds is 6. The zero-order chi connectivity index (χ0) is 17.7. The number of nitrogens with zero attached hydrogens (tertiary/aromatic N) is 1. The highest BCUT2D eigenvalue weighted by Gasteiger charge is 2.18. The molecule has 0 aliphatic carbocycles. The zero-order valence-electron chi connectivity index (χ0n) is 13.0. The van der Waals surface area contributed by atoms with Crippen molar-refractivity contribution in [1.82, 2.24) is 0 Å². The molecule has 0 bridgehead atoms. The van der Waals surface area contributed by atoms with Gasteiger partial charge in [0.1, 0.15) is 11.5 Å². The minimum absolute atomic E-state index is 0.131. The second-order valence-electron chi connectivity index (χ2n) is 4.85. The molecule has 0 saturated carbocycles. The molecule has 2 rings (SSSR count). The molecule has 0 aliphatic rings. The zero-order valence-corrected chi connectivity index (χ0v) is 13.7. The van der Waals surface area contributed by atoms with E-state index in [1.165, 1.54) is 25.3 Å². The third kappa shape index (κ3) is 4.36. The molecule has 2 aromatic rings. The number of benzene rings is 2. The van der Waals surface area contributed by atoms with Gasteiger partial charge in [-0.15, -0.1) is 0 Å². The summed E-state index contributed by atoms with van der Waals surface area (Å²) in [5.41, 5.74) is 0.183. The van der Waals surface area contributed by atoms with Gasteiger partial charge in [-0.25, -0.2) is 0 Å². The summed E-state index contributed by atoms with van der Waals surface area (Å²) in [5.74, 6) is 0.218. The number of non-ortho nitro benzene ring substituents is 1. The first-order valence-corrected chi connectivity index (χ1v) is 7.34. The summed E-state index contributed by atoms with van der Waals surface area (Å²) in [7, 11) is 1.36. The third-order valence-corrected chi connectivity index (χ3v) is 3.37. The van der Waals surface area contributed by atoms with Gasteiger partial charge in [-0.2, -0.15) is 0 Å². The molecule has 0 unspecified atom stereocenters. The van der Waals surface area contributed by atoms with Crippen LogP contribution in [-0.2, 0) is 4.79 Å². The van der Waals surface area contributed by atoms with Crippen LogP contribution in [0.3, 0.4) is 0 Å². The van der Waals surface area contributed by atoms with Crippen LogP contribution in [0.15, 0.2) is 42.5 Å². The number of methoxy groups -OCH3 is 1. The summed E-state index contributed by atoms with van der Waals surface area (Å²) in [6.45, 7) is 1.58. The maximum Gasteiger partial charge on any atom is 0.273 e. The van der Waals surface area contributed by atoms with E-state index >= 15 is 0 Å². The average molecular weight is 351 g/mol. The molecule has 0 aliphatic heterocycles. The Morgan fingerprint density at radius 3 is 2.67 bits per heavy atom. The van der Waals surface area contributed by atoms with E-state index in [-0.39, 0.29) is 11.4 Å². The minimum atomic E-state index is -0.802. The topological polar surface area (TPSA) is 90.7 Å². The number of hydrogen-bond acceptors (Lipinski definition) is 5. The van der Waals surface area contributed by atoms with Gasteiger partial charge in [0.25, 0.3) is 11.6 Å². The molecule has 2 aromatic carbocycles. The van der Waals surface area contributed by atoms with E-state index in [4.69, 9.17) is 21.1 Å². The Kier molecular flexibility index (Phi) is 5.59. The monoisotopic (exact) mass is 350 g/mol. The summed E-state index contributed by atoms with van der Waals surface area (Å²) >= 11 is 5.87. The predicted octanol–water partition coefficient (Wildman–Crippen LogP) is 3.66. The molecule has 1 atom stereocenters. The summed E-state index contributed by atoms with van der Waals surface area (Å²) in [4.78, 5) is 22.5. The van der Waals surface area contributed by atoms with Crippen molar-refractivity contribution < 1.29 is 19.2 Å². The molecule has 24 heavy (non-hydrogen) atoms. The fraction of sp³-hybridized carbons (Fsp3) is 0.188. The SMILES string of the molecule is COc1cc([N+](=O)[O-])ccc1NC(=O)[C@H](C)Oc1cccc(Cl)c1. The van der Waals surface area contributed by atoms with Crippen molar-refractivity contribution in [1.29, 1.82) is 0 Å². The third-order valence-electron chi connectivity index (χ3n) is 3.13. The van der Waals surface area contributed by atoms with E-state index < -0.39 is 16.9 Å². The molecule has 7 nitrogen and oxygen atoms in total. The van der Waals surface area contributed by atoms with Gasteiger partial charge in [0.2, 0.25) is 0 Å². The average Bonchev–Trinajstić information content (AvgIpc) is 2.54. The molecular formula is C16H15ClN2O5. The first-order valence-electron chi connectivity index (χ1n) is 6.96. The van der Waals surface area contributed by atoms with Crippen LogP contribution in [0.2, 0.25) is 5.02 Å². The highest BCUT2D eigenvalue weighted by Crippen LogP contribution is 2.29. The number of ether oxygens (including phenoxy) is 2. The van der Waals surface area contributed by atoms with Gasteiger partial charge in [0.15, 0.2) is 6.10 Å². The van der Waals surface area contributed by atoms with Crippen LogP contribution in [-0.4, -0.2) is 24.0 Å². The van der Waals surface area contributed by atoms with Crippen molar-refractivity contribution in [3.05, 3.63) is 57.6 Å². The molecule has 0 heterocycles. The van der Waals surface area contributed by atoms with Gasteiger partial charge in [0, 0.05) is 11.1 Å². The van der Waals surface area contributed by atoms with Crippen molar-refractivity contribution in [3.63, 3.8) is 0 Å². The van der Waals surface area contributed by atoms with E-state index in [1.807, 2.05) is 0 Å². The van der Waals surface area contributed by atoms with Crippen molar-refractivity contribution in [2.75, 3.05) is 12.4 Å². The second-order valence-corrected chi connectivity index (χ2v) is 5.28. The van der Waals surface area contributed by atoms with Crippen LogP contribution in [0.25, 0.3) is 0 Å². The van der Waals surface area contributed by atoms with Gasteiger partial charge in [-0.3, -0.25) is 14.9 Å². The molecule has 0 saturated heterocycles. The Morgan fingerprint density at radius 1 is 1.29 bits per heavy atom. The fourth-order valence-electron chi connectivity index (χ4n) is 1.93. The highest BCUT2D eigenvalue weighted by molar-refractivity contribution is 6.30. The van der Waals surface area contributed by atoms with Crippen LogP contribution in [0.4, 0.5) is 11.4 Å². The fourth-order valence-corrected chi connectivity index (χ4v) is 2.11. The molecule has 0 fully saturated rings. The number of amides is 1. The summed E-state index contributed by atoms with van der Waals surface area (Å²) in [5, 5.41) is 13.9. The van der Waals surface area contributed by atoms with Crippen LogP contribution >= 0.6 is 11.6 Å². The second kappa shape index (κ2) is 7.65. The number of nitro benzene ring substituents is 1. The predicted molar refractivity (Wildman–Crippen MR) is 89.8 cm³/mol. The van der Waals surface area contributed by atoms with Gasteiger partial charge in [-0.05, 0) is 31.2 Å². The van der Waals surface area contributed by atoms with Crippen molar-refractivity contribution in [2.24, 2.45) is 0 Å². The van der Waals surface area contributed by atoms with Crippen molar-refractivity contribution in [2.45, 2.75) is 13.0 Å². The van der Waals surface area contributed by atoms with Gasteiger partial charge < -0.3 is 14.8 Å². The number of anilines is 1. The lowest BCUT2D eigenvalue weighted by Crippen LogP contribution is -2.30. The number of nitrogens with one attached hydrogen (secondary N) is 1. The maximum absolute atomic E-state index is 12.2. The lowest BCUT2D eigenvalue weighted by Gasteiger charge is -2.16. The van der Waals surface area contributed by atoms with Crippen molar-refractivity contribution >= 4 is 28.9 Å². The standard InChI is InChI=1S/C16H15ClN2O5/c1-10(24-13-5-3-4-11(17)8-13)16(20)18-14-7-6-12(19(21)22)9-15(14)23-2/h3-10H,1-2H3,(H,18,20)/t10-/m0/s1. The van der Waals surface area contributed by atoms with E-state index in [9.17, 15) is 14.9 Å². The molecule has 1 N–H and O–H groups in total. The van der Waals surface area contributed by atoms with E-state index in [0.29, 0.717) is 16.5 Å². The van der Waals surface area contributed by atoms with E-state index in [1.54, 1.807) is 31.2 Å². The highest BCUT2D eigenvalue weighted by atomic mass is 35.5. The molecule has 0 spiro atoms. The molecule has 126 valence electrons. The normalized spacial score (nSPS) is 11.5. The van der Waals surface area contributed by atoms with Crippen molar-refractivity contribution in [3.8, 4) is 11.5 Å². The first kappa shape index (κ1) is 17.6. The number of hydrogen-bond donors (Lipinski definition) is 1. The Labute approximate surface area is 143 Å². The number of nitro groups is 1. The van der Waals surface area contributed by atoms with Gasteiger partial charge in [-0.1, -0.05) is 17.7 Å². The Bertz CT molecular complexity index is 766. The van der Waals surface area contributed by atoms with Gasteiger partial charge >= 0.3 is 0 Å². The lowest BCUT2D eigenvalue weighted by molar-refractivity contribution is -0.384. The number of carbonyl (C=O) groups excluding carboxylic acids is 1. The number of carbonyl (C=O) groups is 1. The van der Waals surface area contributed by atoms with Crippen LogP contribution < -0.4 is 14.8 Å². The first-order chi connectivity index (χ1) is 11.4. The molecule has 1 amide bonds. The lowest BCUT2D eigenvalue weighted by atomic mass is 10.2. The number of halogens is 1. The minimum Gasteiger partial charge on any atom is -0.494 e. The summed E-state index contributed by atoms with van der Waals surface area (Å²) in [6, 6.07) is 10.6. The Hall–Kier alpha value is -2.80. The maximum atomic E-state index is 12.2. The smallest absolute Gasteiger partial charge is 0.273 e.